The number of halogens is 2. The number of rotatable bonds is 6. The van der Waals surface area contributed by atoms with Gasteiger partial charge in [-0.05, 0) is 41.8 Å². The molecule has 138 valence electrons. The van der Waals surface area contributed by atoms with E-state index in [1.165, 1.54) is 23.5 Å². The van der Waals surface area contributed by atoms with Gasteiger partial charge in [0.2, 0.25) is 0 Å². The van der Waals surface area contributed by atoms with E-state index in [9.17, 15) is 18.4 Å². The SMILES string of the molecule is O=C(Nc1ccccc1SC(F)F)c1cccc(NC(=O)c2cccs2)c1. The minimum absolute atomic E-state index is 0.263. The lowest BCUT2D eigenvalue weighted by atomic mass is 10.1. The molecule has 1 aromatic heterocycles. The largest absolute Gasteiger partial charge is 0.321 e. The first-order valence-corrected chi connectivity index (χ1v) is 9.59. The summed E-state index contributed by atoms with van der Waals surface area (Å²) >= 11 is 1.68. The zero-order valence-electron chi connectivity index (χ0n) is 13.8. The third-order valence-corrected chi connectivity index (χ3v) is 5.14. The molecule has 0 atom stereocenters. The van der Waals surface area contributed by atoms with Crippen LogP contribution in [-0.2, 0) is 0 Å². The van der Waals surface area contributed by atoms with E-state index in [0.29, 0.717) is 33.6 Å². The minimum Gasteiger partial charge on any atom is -0.321 e. The Kier molecular flexibility index (Phi) is 6.20. The summed E-state index contributed by atoms with van der Waals surface area (Å²) in [5.41, 5.74) is 1.08. The van der Waals surface area contributed by atoms with Crippen LogP contribution >= 0.6 is 23.1 Å². The molecule has 2 amide bonds. The third kappa shape index (κ3) is 5.15. The van der Waals surface area contributed by atoms with E-state index in [-0.39, 0.29) is 10.8 Å². The lowest BCUT2D eigenvalue weighted by molar-refractivity contribution is 0.101. The maximum atomic E-state index is 12.7. The van der Waals surface area contributed by atoms with Gasteiger partial charge in [-0.2, -0.15) is 8.78 Å². The van der Waals surface area contributed by atoms with Crippen LogP contribution in [0.5, 0.6) is 0 Å². The predicted molar refractivity (Wildman–Crippen MR) is 105 cm³/mol. The molecule has 8 heteroatoms. The highest BCUT2D eigenvalue weighted by molar-refractivity contribution is 7.99. The van der Waals surface area contributed by atoms with Crippen LogP contribution in [0.25, 0.3) is 0 Å². The van der Waals surface area contributed by atoms with Crippen molar-refractivity contribution in [3.8, 4) is 0 Å². The Balaban J connectivity index is 1.73. The zero-order valence-corrected chi connectivity index (χ0v) is 15.5. The molecule has 0 aliphatic carbocycles. The van der Waals surface area contributed by atoms with Gasteiger partial charge >= 0.3 is 0 Å². The summed E-state index contributed by atoms with van der Waals surface area (Å²) in [6.07, 6.45) is 0. The summed E-state index contributed by atoms with van der Waals surface area (Å²) in [4.78, 5) is 25.5. The van der Waals surface area contributed by atoms with E-state index in [1.807, 2.05) is 0 Å². The Labute approximate surface area is 162 Å². The van der Waals surface area contributed by atoms with Crippen LogP contribution in [0.3, 0.4) is 0 Å². The summed E-state index contributed by atoms with van der Waals surface area (Å²) in [7, 11) is 0. The molecule has 0 spiro atoms. The quantitative estimate of drug-likeness (QED) is 0.528. The summed E-state index contributed by atoms with van der Waals surface area (Å²) in [5, 5.41) is 7.16. The van der Waals surface area contributed by atoms with E-state index in [1.54, 1.807) is 53.9 Å². The fraction of sp³-hybridized carbons (Fsp3) is 0.0526. The van der Waals surface area contributed by atoms with Crippen molar-refractivity contribution in [1.82, 2.24) is 0 Å². The fourth-order valence-corrected chi connectivity index (χ4v) is 3.52. The summed E-state index contributed by atoms with van der Waals surface area (Å²) in [5.74, 6) is -3.30. The molecule has 0 saturated heterocycles. The molecule has 0 radical (unpaired) electrons. The number of thioether (sulfide) groups is 1. The first-order valence-electron chi connectivity index (χ1n) is 7.83. The van der Waals surface area contributed by atoms with Crippen LogP contribution < -0.4 is 10.6 Å². The lowest BCUT2D eigenvalue weighted by Crippen LogP contribution is -2.14. The van der Waals surface area contributed by atoms with Gasteiger partial charge in [-0.25, -0.2) is 0 Å². The summed E-state index contributed by atoms with van der Waals surface area (Å²) in [6.45, 7) is 0. The Morgan fingerprint density at radius 3 is 2.48 bits per heavy atom. The topological polar surface area (TPSA) is 58.2 Å². The second-order valence-corrected chi connectivity index (χ2v) is 7.32. The minimum atomic E-state index is -2.58. The van der Waals surface area contributed by atoms with Crippen molar-refractivity contribution in [2.45, 2.75) is 10.7 Å². The number of benzene rings is 2. The van der Waals surface area contributed by atoms with Crippen LogP contribution in [0.1, 0.15) is 20.0 Å². The molecule has 0 unspecified atom stereocenters. The van der Waals surface area contributed by atoms with Crippen molar-refractivity contribution >= 4 is 46.3 Å². The first kappa shape index (κ1) is 19.1. The number of thiophene rings is 1. The normalized spacial score (nSPS) is 10.6. The Morgan fingerprint density at radius 2 is 1.74 bits per heavy atom. The molecule has 0 saturated carbocycles. The van der Waals surface area contributed by atoms with Crippen LogP contribution in [0.15, 0.2) is 70.9 Å². The van der Waals surface area contributed by atoms with E-state index >= 15 is 0 Å². The van der Waals surface area contributed by atoms with Crippen molar-refractivity contribution in [3.05, 3.63) is 76.5 Å². The number of hydrogen-bond acceptors (Lipinski definition) is 4. The van der Waals surface area contributed by atoms with E-state index < -0.39 is 11.7 Å². The smallest absolute Gasteiger partial charge is 0.288 e. The van der Waals surface area contributed by atoms with Gasteiger partial charge < -0.3 is 10.6 Å². The van der Waals surface area contributed by atoms with Crippen molar-refractivity contribution in [2.24, 2.45) is 0 Å². The second kappa shape index (κ2) is 8.79. The van der Waals surface area contributed by atoms with Gasteiger partial charge in [0.1, 0.15) is 0 Å². The van der Waals surface area contributed by atoms with Crippen molar-refractivity contribution < 1.29 is 18.4 Å². The lowest BCUT2D eigenvalue weighted by Gasteiger charge is -2.11. The fourth-order valence-electron chi connectivity index (χ4n) is 2.30. The van der Waals surface area contributed by atoms with Crippen molar-refractivity contribution in [2.75, 3.05) is 10.6 Å². The molecule has 0 fully saturated rings. The van der Waals surface area contributed by atoms with Crippen LogP contribution in [0, 0.1) is 0 Å². The standard InChI is InChI=1S/C19H14F2N2O2S2/c20-19(21)27-15-8-2-1-7-14(15)23-17(24)12-5-3-6-13(11-12)22-18(25)16-9-4-10-26-16/h1-11,19H,(H,22,25)(H,23,24). The molecule has 0 aliphatic heterocycles. The number of para-hydroxylation sites is 1. The molecule has 2 aromatic carbocycles. The zero-order chi connectivity index (χ0) is 19.2. The monoisotopic (exact) mass is 404 g/mol. The Bertz CT molecular complexity index is 946. The van der Waals surface area contributed by atoms with E-state index in [0.717, 1.165) is 0 Å². The second-order valence-electron chi connectivity index (χ2n) is 5.34. The molecule has 3 rings (SSSR count). The predicted octanol–water partition coefficient (Wildman–Crippen LogP) is 5.57. The van der Waals surface area contributed by atoms with Gasteiger partial charge in [0.15, 0.2) is 0 Å². The number of amides is 2. The number of hydrogen-bond donors (Lipinski definition) is 2. The molecule has 0 bridgehead atoms. The van der Waals surface area contributed by atoms with Gasteiger partial charge in [0, 0.05) is 16.1 Å². The van der Waals surface area contributed by atoms with Gasteiger partial charge in [-0.1, -0.05) is 36.0 Å². The molecule has 27 heavy (non-hydrogen) atoms. The maximum absolute atomic E-state index is 12.7. The van der Waals surface area contributed by atoms with Gasteiger partial charge in [0.05, 0.1) is 10.6 Å². The highest BCUT2D eigenvalue weighted by atomic mass is 32.2. The van der Waals surface area contributed by atoms with Crippen LogP contribution in [0.4, 0.5) is 20.2 Å². The first-order chi connectivity index (χ1) is 13.0. The van der Waals surface area contributed by atoms with Crippen molar-refractivity contribution in [3.63, 3.8) is 0 Å². The van der Waals surface area contributed by atoms with Gasteiger partial charge in [0.25, 0.3) is 17.6 Å². The molecule has 1 heterocycles. The van der Waals surface area contributed by atoms with Crippen LogP contribution in [0.2, 0.25) is 0 Å². The summed E-state index contributed by atoms with van der Waals surface area (Å²) < 4.78 is 25.3. The molecule has 4 nitrogen and oxygen atoms in total. The van der Waals surface area contributed by atoms with E-state index in [4.69, 9.17) is 0 Å². The highest BCUT2D eigenvalue weighted by Crippen LogP contribution is 2.32. The highest BCUT2D eigenvalue weighted by Gasteiger charge is 2.14. The number of alkyl halides is 2. The average Bonchev–Trinajstić information content (AvgIpc) is 3.18. The number of carbonyl (C=O) groups excluding carboxylic acids is 2. The Hall–Kier alpha value is -2.71. The molecular weight excluding hydrogens is 390 g/mol. The van der Waals surface area contributed by atoms with E-state index in [2.05, 4.69) is 10.6 Å². The van der Waals surface area contributed by atoms with Gasteiger partial charge in [-0.3, -0.25) is 9.59 Å². The van der Waals surface area contributed by atoms with Gasteiger partial charge in [-0.15, -0.1) is 11.3 Å². The van der Waals surface area contributed by atoms with Crippen molar-refractivity contribution in [1.29, 1.82) is 0 Å². The number of carbonyl (C=O) groups is 2. The molecule has 2 N–H and O–H groups in total. The average molecular weight is 404 g/mol. The number of anilines is 2. The third-order valence-electron chi connectivity index (χ3n) is 3.48. The number of nitrogens with one attached hydrogen (secondary N) is 2. The maximum Gasteiger partial charge on any atom is 0.288 e. The molecule has 3 aromatic rings. The van der Waals surface area contributed by atoms with Crippen LogP contribution in [-0.4, -0.2) is 17.6 Å². The summed E-state index contributed by atoms with van der Waals surface area (Å²) in [6, 6.07) is 16.3. The molecule has 0 aliphatic rings. The Morgan fingerprint density at radius 1 is 0.926 bits per heavy atom. The molecular formula is C19H14F2N2O2S2.